The van der Waals surface area contributed by atoms with Gasteiger partial charge in [-0.15, -0.1) is 0 Å². The van der Waals surface area contributed by atoms with E-state index in [0.717, 1.165) is 23.7 Å². The summed E-state index contributed by atoms with van der Waals surface area (Å²) in [7, 11) is 0. The van der Waals surface area contributed by atoms with Gasteiger partial charge in [-0.1, -0.05) is 57.2 Å². The van der Waals surface area contributed by atoms with Gasteiger partial charge in [0.05, 0.1) is 6.20 Å². The minimum Gasteiger partial charge on any atom is -0.503 e. The molecule has 0 unspecified atom stereocenters. The van der Waals surface area contributed by atoms with Crippen molar-refractivity contribution in [3.8, 4) is 11.4 Å². The summed E-state index contributed by atoms with van der Waals surface area (Å²) in [5.74, 6) is 0.862. The summed E-state index contributed by atoms with van der Waals surface area (Å²) >= 11 is 0. The molecular weight excluding hydrogens is 286 g/mol. The van der Waals surface area contributed by atoms with Crippen molar-refractivity contribution in [2.45, 2.75) is 51.4 Å². The van der Waals surface area contributed by atoms with Gasteiger partial charge in [0.25, 0.3) is 0 Å². The molecule has 0 aliphatic heterocycles. The Labute approximate surface area is 137 Å². The molecule has 122 valence electrons. The maximum atomic E-state index is 12.0. The van der Waals surface area contributed by atoms with E-state index in [1.54, 1.807) is 12.3 Å². The highest BCUT2D eigenvalue weighted by molar-refractivity contribution is 5.37. The lowest BCUT2D eigenvalue weighted by Crippen LogP contribution is -2.16. The van der Waals surface area contributed by atoms with Crippen LogP contribution in [0.25, 0.3) is 5.69 Å². The molecule has 1 aliphatic rings. The number of rotatable bonds is 4. The van der Waals surface area contributed by atoms with Crippen molar-refractivity contribution in [2.75, 3.05) is 0 Å². The van der Waals surface area contributed by atoms with Crippen LogP contribution in [0.1, 0.15) is 57.1 Å². The maximum Gasteiger partial charge on any atom is 0.223 e. The number of para-hydroxylation sites is 1. The van der Waals surface area contributed by atoms with Crippen LogP contribution in [0.2, 0.25) is 0 Å². The number of pyridine rings is 1. The van der Waals surface area contributed by atoms with Gasteiger partial charge in [-0.25, -0.2) is 0 Å². The van der Waals surface area contributed by atoms with Crippen LogP contribution in [0.4, 0.5) is 0 Å². The molecule has 1 atom stereocenters. The average molecular weight is 311 g/mol. The summed E-state index contributed by atoms with van der Waals surface area (Å²) < 4.78 is 1.96. The van der Waals surface area contributed by atoms with Crippen molar-refractivity contribution in [2.24, 2.45) is 5.92 Å². The standard InChI is InChI=1S/C20H25NO2/c1-15(12-16-8-4-2-5-9-16)18-13-19(22)20(23)14-21(18)17-10-6-3-7-11-17/h3,6-7,10-11,13-16,23H,2,4-5,8-9,12H2,1H3/t15-/m1/s1. The normalized spacial score (nSPS) is 17.1. The predicted octanol–water partition coefficient (Wildman–Crippen LogP) is 4.62. The molecular formula is C20H25NO2. The highest BCUT2D eigenvalue weighted by Crippen LogP contribution is 2.33. The molecule has 1 saturated carbocycles. The Hall–Kier alpha value is -2.03. The van der Waals surface area contributed by atoms with Gasteiger partial charge in [0.2, 0.25) is 5.43 Å². The molecule has 0 bridgehead atoms. The van der Waals surface area contributed by atoms with Crippen molar-refractivity contribution >= 4 is 0 Å². The van der Waals surface area contributed by atoms with E-state index < -0.39 is 0 Å². The van der Waals surface area contributed by atoms with Gasteiger partial charge in [-0.3, -0.25) is 4.79 Å². The molecule has 1 heterocycles. The maximum absolute atomic E-state index is 12.0. The number of nitrogens with zero attached hydrogens (tertiary/aromatic N) is 1. The molecule has 1 aliphatic carbocycles. The molecule has 0 saturated heterocycles. The molecule has 23 heavy (non-hydrogen) atoms. The van der Waals surface area contributed by atoms with Gasteiger partial charge >= 0.3 is 0 Å². The highest BCUT2D eigenvalue weighted by Gasteiger charge is 2.20. The van der Waals surface area contributed by atoms with Crippen LogP contribution in [-0.4, -0.2) is 9.67 Å². The van der Waals surface area contributed by atoms with Crippen LogP contribution >= 0.6 is 0 Å². The van der Waals surface area contributed by atoms with Gasteiger partial charge in [-0.05, 0) is 30.4 Å². The molecule has 3 heteroatoms. The van der Waals surface area contributed by atoms with E-state index in [2.05, 4.69) is 6.92 Å². The minimum absolute atomic E-state index is 0.192. The van der Waals surface area contributed by atoms with E-state index in [0.29, 0.717) is 5.92 Å². The fraction of sp³-hybridized carbons (Fsp3) is 0.450. The van der Waals surface area contributed by atoms with E-state index in [1.165, 1.54) is 32.1 Å². The van der Waals surface area contributed by atoms with Crippen molar-refractivity contribution in [3.63, 3.8) is 0 Å². The van der Waals surface area contributed by atoms with E-state index >= 15 is 0 Å². The van der Waals surface area contributed by atoms with Crippen LogP contribution < -0.4 is 5.43 Å². The smallest absolute Gasteiger partial charge is 0.223 e. The number of aromatic nitrogens is 1. The van der Waals surface area contributed by atoms with Crippen LogP contribution in [-0.2, 0) is 0 Å². The van der Waals surface area contributed by atoms with Crippen LogP contribution in [0.15, 0.2) is 47.4 Å². The van der Waals surface area contributed by atoms with Crippen molar-refractivity contribution in [3.05, 3.63) is 58.5 Å². The Morgan fingerprint density at radius 1 is 1.17 bits per heavy atom. The lowest BCUT2D eigenvalue weighted by molar-refractivity contribution is 0.320. The molecule has 1 aromatic heterocycles. The number of hydrogen-bond acceptors (Lipinski definition) is 2. The topological polar surface area (TPSA) is 42.2 Å². The highest BCUT2D eigenvalue weighted by atomic mass is 16.3. The lowest BCUT2D eigenvalue weighted by Gasteiger charge is -2.26. The van der Waals surface area contributed by atoms with E-state index in [-0.39, 0.29) is 11.2 Å². The molecule has 3 nitrogen and oxygen atoms in total. The zero-order chi connectivity index (χ0) is 16.2. The summed E-state index contributed by atoms with van der Waals surface area (Å²) in [5.41, 5.74) is 1.68. The van der Waals surface area contributed by atoms with E-state index in [9.17, 15) is 9.90 Å². The van der Waals surface area contributed by atoms with Crippen LogP contribution in [0.3, 0.4) is 0 Å². The minimum atomic E-state index is -0.289. The average Bonchev–Trinajstić information content (AvgIpc) is 2.58. The second-order valence-corrected chi connectivity index (χ2v) is 6.79. The van der Waals surface area contributed by atoms with Crippen LogP contribution in [0.5, 0.6) is 5.75 Å². The Balaban J connectivity index is 1.93. The predicted molar refractivity (Wildman–Crippen MR) is 93.3 cm³/mol. The number of benzene rings is 1. The zero-order valence-corrected chi connectivity index (χ0v) is 13.7. The summed E-state index contributed by atoms with van der Waals surface area (Å²) in [6.45, 7) is 2.19. The molecule has 2 aromatic rings. The zero-order valence-electron chi connectivity index (χ0n) is 13.7. The summed E-state index contributed by atoms with van der Waals surface area (Å²) in [6.07, 6.45) is 9.30. The summed E-state index contributed by atoms with van der Waals surface area (Å²) in [5, 5.41) is 9.86. The van der Waals surface area contributed by atoms with E-state index in [1.807, 2.05) is 34.9 Å². The molecule has 1 aromatic carbocycles. The molecule has 0 amide bonds. The molecule has 3 rings (SSSR count). The Morgan fingerprint density at radius 3 is 2.57 bits per heavy atom. The van der Waals surface area contributed by atoms with Gasteiger partial charge < -0.3 is 9.67 Å². The number of hydrogen-bond donors (Lipinski definition) is 1. The molecule has 0 spiro atoms. The van der Waals surface area contributed by atoms with Gasteiger partial charge in [0.1, 0.15) is 0 Å². The fourth-order valence-corrected chi connectivity index (χ4v) is 3.77. The second kappa shape index (κ2) is 7.03. The molecule has 1 fully saturated rings. The quantitative estimate of drug-likeness (QED) is 0.895. The van der Waals surface area contributed by atoms with Crippen molar-refractivity contribution in [1.29, 1.82) is 0 Å². The van der Waals surface area contributed by atoms with Gasteiger partial charge in [0, 0.05) is 17.4 Å². The second-order valence-electron chi connectivity index (χ2n) is 6.79. The van der Waals surface area contributed by atoms with Crippen molar-refractivity contribution < 1.29 is 5.11 Å². The van der Waals surface area contributed by atoms with Crippen LogP contribution in [0, 0.1) is 5.92 Å². The Morgan fingerprint density at radius 2 is 1.87 bits per heavy atom. The third-order valence-corrected chi connectivity index (χ3v) is 5.01. The van der Waals surface area contributed by atoms with Gasteiger partial charge in [0.15, 0.2) is 5.75 Å². The monoisotopic (exact) mass is 311 g/mol. The molecule has 1 N–H and O–H groups in total. The third kappa shape index (κ3) is 3.66. The van der Waals surface area contributed by atoms with Crippen molar-refractivity contribution in [1.82, 2.24) is 4.57 Å². The first-order valence-electron chi connectivity index (χ1n) is 8.66. The molecule has 0 radical (unpaired) electrons. The fourth-order valence-electron chi connectivity index (χ4n) is 3.77. The summed E-state index contributed by atoms with van der Waals surface area (Å²) in [6, 6.07) is 11.5. The SMILES string of the molecule is C[C@H](CC1CCCCC1)c1cc(=O)c(O)cn1-c1ccccc1. The Bertz CT molecular complexity index is 699. The van der Waals surface area contributed by atoms with E-state index in [4.69, 9.17) is 0 Å². The largest absolute Gasteiger partial charge is 0.503 e. The van der Waals surface area contributed by atoms with Gasteiger partial charge in [-0.2, -0.15) is 0 Å². The third-order valence-electron chi connectivity index (χ3n) is 5.01. The Kier molecular flexibility index (Phi) is 4.85. The summed E-state index contributed by atoms with van der Waals surface area (Å²) in [4.78, 5) is 12.0. The first kappa shape index (κ1) is 15.9. The lowest BCUT2D eigenvalue weighted by atomic mass is 9.82. The number of aromatic hydroxyl groups is 1. The first-order chi connectivity index (χ1) is 11.1. The first-order valence-corrected chi connectivity index (χ1v) is 8.66.